The summed E-state index contributed by atoms with van der Waals surface area (Å²) in [6.07, 6.45) is 1.11. The van der Waals surface area contributed by atoms with Crippen molar-refractivity contribution in [1.82, 2.24) is 10.2 Å². The average molecular weight is 283 g/mol. The van der Waals surface area contributed by atoms with Crippen molar-refractivity contribution < 1.29 is 0 Å². The van der Waals surface area contributed by atoms with Crippen LogP contribution >= 0.6 is 11.6 Å². The lowest BCUT2D eigenvalue weighted by atomic mass is 10.0. The van der Waals surface area contributed by atoms with Gasteiger partial charge in [0.05, 0.1) is 0 Å². The maximum atomic E-state index is 6.08. The molecule has 0 fully saturated rings. The molecule has 1 aromatic carbocycles. The Kier molecular flexibility index (Phi) is 7.44. The summed E-state index contributed by atoms with van der Waals surface area (Å²) in [6.45, 7) is 9.89. The fourth-order valence-corrected chi connectivity index (χ4v) is 2.62. The van der Waals surface area contributed by atoms with E-state index in [0.29, 0.717) is 12.0 Å². The quantitative estimate of drug-likeness (QED) is 0.776. The summed E-state index contributed by atoms with van der Waals surface area (Å²) in [5.74, 6) is 0.716. The van der Waals surface area contributed by atoms with Crippen LogP contribution in [0, 0.1) is 5.92 Å². The summed E-state index contributed by atoms with van der Waals surface area (Å²) < 4.78 is 0. The molecule has 0 aliphatic heterocycles. The van der Waals surface area contributed by atoms with E-state index in [4.69, 9.17) is 11.6 Å². The smallest absolute Gasteiger partial charge is 0.0409 e. The Bertz CT molecular complexity index is 366. The normalized spacial score (nSPS) is 13.2. The molecule has 19 heavy (non-hydrogen) atoms. The highest BCUT2D eigenvalue weighted by molar-refractivity contribution is 6.30. The molecule has 0 amide bonds. The summed E-state index contributed by atoms with van der Waals surface area (Å²) in [6, 6.07) is 8.57. The molecule has 0 radical (unpaired) electrons. The van der Waals surface area contributed by atoms with Gasteiger partial charge < -0.3 is 10.2 Å². The fraction of sp³-hybridized carbons (Fsp3) is 0.625. The predicted octanol–water partition coefficient (Wildman–Crippen LogP) is 3.97. The predicted molar refractivity (Wildman–Crippen MR) is 84.8 cm³/mol. The fourth-order valence-electron chi connectivity index (χ4n) is 2.42. The maximum absolute atomic E-state index is 6.08. The first-order chi connectivity index (χ1) is 9.02. The number of halogens is 1. The highest BCUT2D eigenvalue weighted by Crippen LogP contribution is 2.20. The maximum Gasteiger partial charge on any atom is 0.0409 e. The minimum atomic E-state index is 0.387. The van der Waals surface area contributed by atoms with E-state index in [1.54, 1.807) is 0 Å². The minimum absolute atomic E-state index is 0.387. The Labute approximate surface area is 123 Å². The third kappa shape index (κ3) is 6.42. The Morgan fingerprint density at radius 2 is 2.05 bits per heavy atom. The van der Waals surface area contributed by atoms with Crippen molar-refractivity contribution in [3.05, 3.63) is 34.9 Å². The molecular weight excluding hydrogens is 256 g/mol. The van der Waals surface area contributed by atoms with Crippen LogP contribution in [0.15, 0.2) is 24.3 Å². The summed E-state index contributed by atoms with van der Waals surface area (Å²) in [5.41, 5.74) is 1.28. The molecule has 0 heterocycles. The Hall–Kier alpha value is -0.570. The zero-order valence-corrected chi connectivity index (χ0v) is 13.4. The van der Waals surface area contributed by atoms with Crippen LogP contribution in [-0.4, -0.2) is 31.6 Å². The zero-order chi connectivity index (χ0) is 14.3. The summed E-state index contributed by atoms with van der Waals surface area (Å²) in [7, 11) is 2.20. The average Bonchev–Trinajstić information content (AvgIpc) is 2.33. The van der Waals surface area contributed by atoms with Crippen molar-refractivity contribution in [2.24, 2.45) is 5.92 Å². The Morgan fingerprint density at radius 1 is 1.32 bits per heavy atom. The van der Waals surface area contributed by atoms with Gasteiger partial charge in [-0.15, -0.1) is 0 Å². The van der Waals surface area contributed by atoms with Crippen molar-refractivity contribution in [3.63, 3.8) is 0 Å². The van der Waals surface area contributed by atoms with Crippen LogP contribution in [0.1, 0.15) is 38.8 Å². The van der Waals surface area contributed by atoms with Gasteiger partial charge in [0.1, 0.15) is 0 Å². The van der Waals surface area contributed by atoms with E-state index in [-0.39, 0.29) is 0 Å². The second kappa shape index (κ2) is 8.57. The van der Waals surface area contributed by atoms with Crippen molar-refractivity contribution >= 4 is 11.6 Å². The number of nitrogens with one attached hydrogen (secondary N) is 1. The molecule has 0 saturated carbocycles. The first kappa shape index (κ1) is 16.5. The molecule has 0 aliphatic rings. The molecule has 0 saturated heterocycles. The molecule has 3 heteroatoms. The highest BCUT2D eigenvalue weighted by Gasteiger charge is 2.12. The lowest BCUT2D eigenvalue weighted by Crippen LogP contribution is -2.29. The minimum Gasteiger partial charge on any atom is -0.310 e. The van der Waals surface area contributed by atoms with Crippen LogP contribution in [-0.2, 0) is 0 Å². The number of benzene rings is 1. The SMILES string of the molecule is CCNC(CCN(C)CC(C)C)c1cccc(Cl)c1. The number of hydrogen-bond acceptors (Lipinski definition) is 2. The first-order valence-electron chi connectivity index (χ1n) is 7.20. The van der Waals surface area contributed by atoms with Crippen LogP contribution in [0.25, 0.3) is 0 Å². The number of hydrogen-bond donors (Lipinski definition) is 1. The molecule has 0 aromatic heterocycles. The van der Waals surface area contributed by atoms with Crippen LogP contribution in [0.4, 0.5) is 0 Å². The third-order valence-corrected chi connectivity index (χ3v) is 3.41. The van der Waals surface area contributed by atoms with E-state index in [9.17, 15) is 0 Å². The largest absolute Gasteiger partial charge is 0.310 e. The van der Waals surface area contributed by atoms with Crippen LogP contribution in [0.5, 0.6) is 0 Å². The van der Waals surface area contributed by atoms with Crippen molar-refractivity contribution in [2.75, 3.05) is 26.7 Å². The van der Waals surface area contributed by atoms with Crippen molar-refractivity contribution in [3.8, 4) is 0 Å². The summed E-state index contributed by atoms with van der Waals surface area (Å²) in [4.78, 5) is 2.40. The number of nitrogens with zero attached hydrogens (tertiary/aromatic N) is 1. The molecule has 0 aliphatic carbocycles. The zero-order valence-electron chi connectivity index (χ0n) is 12.6. The third-order valence-electron chi connectivity index (χ3n) is 3.18. The molecule has 1 rings (SSSR count). The molecule has 1 N–H and O–H groups in total. The Balaban J connectivity index is 2.58. The van der Waals surface area contributed by atoms with Crippen LogP contribution in [0.2, 0.25) is 5.02 Å². The number of rotatable bonds is 8. The van der Waals surface area contributed by atoms with Gasteiger partial charge in [-0.3, -0.25) is 0 Å². The van der Waals surface area contributed by atoms with Gasteiger partial charge in [-0.1, -0.05) is 44.5 Å². The van der Waals surface area contributed by atoms with E-state index in [1.807, 2.05) is 12.1 Å². The van der Waals surface area contributed by atoms with Gasteiger partial charge in [0.25, 0.3) is 0 Å². The van der Waals surface area contributed by atoms with E-state index < -0.39 is 0 Å². The molecule has 108 valence electrons. The molecular formula is C16H27ClN2. The van der Waals surface area contributed by atoms with Crippen molar-refractivity contribution in [2.45, 2.75) is 33.2 Å². The molecule has 0 spiro atoms. The van der Waals surface area contributed by atoms with Crippen LogP contribution < -0.4 is 5.32 Å². The van der Waals surface area contributed by atoms with Gasteiger partial charge in [0.15, 0.2) is 0 Å². The van der Waals surface area contributed by atoms with Gasteiger partial charge in [0, 0.05) is 17.6 Å². The van der Waals surface area contributed by atoms with Crippen molar-refractivity contribution in [1.29, 1.82) is 0 Å². The van der Waals surface area contributed by atoms with Gasteiger partial charge in [-0.05, 0) is 50.2 Å². The second-order valence-corrected chi connectivity index (χ2v) is 6.05. The lowest BCUT2D eigenvalue weighted by molar-refractivity contribution is 0.277. The molecule has 0 bridgehead atoms. The molecule has 1 atom stereocenters. The topological polar surface area (TPSA) is 15.3 Å². The summed E-state index contributed by atoms with van der Waals surface area (Å²) >= 11 is 6.08. The molecule has 2 nitrogen and oxygen atoms in total. The first-order valence-corrected chi connectivity index (χ1v) is 7.58. The van der Waals surface area contributed by atoms with E-state index in [0.717, 1.165) is 31.1 Å². The lowest BCUT2D eigenvalue weighted by Gasteiger charge is -2.24. The highest BCUT2D eigenvalue weighted by atomic mass is 35.5. The van der Waals surface area contributed by atoms with E-state index in [1.165, 1.54) is 5.56 Å². The standard InChI is InChI=1S/C16H27ClN2/c1-5-18-16(9-10-19(4)12-13(2)3)14-7-6-8-15(17)11-14/h6-8,11,13,16,18H,5,9-10,12H2,1-4H3. The van der Waals surface area contributed by atoms with Gasteiger partial charge in [0.2, 0.25) is 0 Å². The van der Waals surface area contributed by atoms with E-state index in [2.05, 4.69) is 50.2 Å². The Morgan fingerprint density at radius 3 is 2.63 bits per heavy atom. The molecule has 1 unspecified atom stereocenters. The summed E-state index contributed by atoms with van der Waals surface area (Å²) in [5, 5.41) is 4.37. The van der Waals surface area contributed by atoms with Gasteiger partial charge in [-0.25, -0.2) is 0 Å². The van der Waals surface area contributed by atoms with E-state index >= 15 is 0 Å². The van der Waals surface area contributed by atoms with Gasteiger partial charge in [-0.2, -0.15) is 0 Å². The van der Waals surface area contributed by atoms with Crippen LogP contribution in [0.3, 0.4) is 0 Å². The van der Waals surface area contributed by atoms with Gasteiger partial charge >= 0.3 is 0 Å². The molecule has 1 aromatic rings. The second-order valence-electron chi connectivity index (χ2n) is 5.61. The monoisotopic (exact) mass is 282 g/mol.